The third-order valence-corrected chi connectivity index (χ3v) is 5.30. The van der Waals surface area contributed by atoms with Crippen LogP contribution in [0.3, 0.4) is 0 Å². The van der Waals surface area contributed by atoms with E-state index in [1.54, 1.807) is 0 Å². The largest absolute Gasteiger partial charge is 0.490 e. The molecule has 142 valence electrons. The molecule has 0 N–H and O–H groups in total. The van der Waals surface area contributed by atoms with E-state index in [0.29, 0.717) is 13.2 Å². The maximum absolute atomic E-state index is 13.1. The van der Waals surface area contributed by atoms with E-state index in [0.717, 1.165) is 54.1 Å². The number of benzene rings is 2. The molecule has 1 saturated heterocycles. The summed E-state index contributed by atoms with van der Waals surface area (Å²) < 4.78 is 11.6. The molecular formula is C22H26N2O3. The van der Waals surface area contributed by atoms with Crippen LogP contribution in [0.1, 0.15) is 41.2 Å². The maximum Gasteiger partial charge on any atom is 0.254 e. The van der Waals surface area contributed by atoms with Crippen molar-refractivity contribution in [3.05, 3.63) is 53.6 Å². The van der Waals surface area contributed by atoms with Crippen molar-refractivity contribution >= 4 is 11.6 Å². The van der Waals surface area contributed by atoms with Crippen molar-refractivity contribution in [2.45, 2.75) is 25.3 Å². The molecule has 2 aliphatic heterocycles. The van der Waals surface area contributed by atoms with Gasteiger partial charge in [0.2, 0.25) is 0 Å². The number of amides is 1. The van der Waals surface area contributed by atoms with Crippen LogP contribution in [0.25, 0.3) is 0 Å². The highest BCUT2D eigenvalue weighted by molar-refractivity contribution is 5.95. The molecule has 0 unspecified atom stereocenters. The van der Waals surface area contributed by atoms with E-state index in [-0.39, 0.29) is 11.9 Å². The molecule has 2 aromatic carbocycles. The van der Waals surface area contributed by atoms with Gasteiger partial charge in [0.1, 0.15) is 0 Å². The van der Waals surface area contributed by atoms with Crippen LogP contribution in [-0.2, 0) is 0 Å². The zero-order chi connectivity index (χ0) is 18.8. The van der Waals surface area contributed by atoms with Gasteiger partial charge in [0.05, 0.1) is 19.3 Å². The maximum atomic E-state index is 13.1. The van der Waals surface area contributed by atoms with Gasteiger partial charge in [-0.1, -0.05) is 6.07 Å². The van der Waals surface area contributed by atoms with Gasteiger partial charge in [0, 0.05) is 38.3 Å². The van der Waals surface area contributed by atoms with Crippen LogP contribution in [0.2, 0.25) is 0 Å². The lowest BCUT2D eigenvalue weighted by Gasteiger charge is -2.26. The zero-order valence-corrected chi connectivity index (χ0v) is 16.0. The average Bonchev–Trinajstić information content (AvgIpc) is 3.06. The summed E-state index contributed by atoms with van der Waals surface area (Å²) in [6, 6.07) is 14.0. The fourth-order valence-corrected chi connectivity index (χ4v) is 3.81. The highest BCUT2D eigenvalue weighted by Gasteiger charge is 2.31. The Bertz CT molecular complexity index is 817. The fourth-order valence-electron chi connectivity index (χ4n) is 3.81. The monoisotopic (exact) mass is 366 g/mol. The number of carbonyl (C=O) groups excluding carboxylic acids is 1. The Morgan fingerprint density at radius 1 is 1.00 bits per heavy atom. The topological polar surface area (TPSA) is 42.0 Å². The summed E-state index contributed by atoms with van der Waals surface area (Å²) in [6.07, 6.45) is 2.88. The summed E-state index contributed by atoms with van der Waals surface area (Å²) in [5.74, 6) is 1.68. The summed E-state index contributed by atoms with van der Waals surface area (Å²) in [5, 5.41) is 0. The Morgan fingerprint density at radius 2 is 1.74 bits per heavy atom. The number of carbonyl (C=O) groups is 1. The molecule has 1 amide bonds. The molecule has 27 heavy (non-hydrogen) atoms. The van der Waals surface area contributed by atoms with Crippen molar-refractivity contribution in [1.82, 2.24) is 4.90 Å². The molecular weight excluding hydrogens is 340 g/mol. The number of ether oxygens (including phenoxy) is 2. The molecule has 0 aromatic heterocycles. The number of rotatable bonds is 3. The van der Waals surface area contributed by atoms with E-state index in [9.17, 15) is 4.79 Å². The first-order chi connectivity index (χ1) is 13.1. The smallest absolute Gasteiger partial charge is 0.254 e. The molecule has 0 spiro atoms. The molecule has 0 bridgehead atoms. The van der Waals surface area contributed by atoms with E-state index in [1.807, 2.05) is 60.3 Å². The van der Waals surface area contributed by atoms with Crippen molar-refractivity contribution in [1.29, 1.82) is 0 Å². The minimum Gasteiger partial charge on any atom is -0.490 e. The van der Waals surface area contributed by atoms with Gasteiger partial charge in [0.15, 0.2) is 11.5 Å². The lowest BCUT2D eigenvalue weighted by atomic mass is 10.0. The zero-order valence-electron chi connectivity index (χ0n) is 16.0. The highest BCUT2D eigenvalue weighted by Crippen LogP contribution is 2.38. The van der Waals surface area contributed by atoms with Crippen LogP contribution in [0.5, 0.6) is 11.5 Å². The van der Waals surface area contributed by atoms with Gasteiger partial charge in [-0.15, -0.1) is 0 Å². The molecule has 4 rings (SSSR count). The molecule has 2 aliphatic rings. The predicted molar refractivity (Wildman–Crippen MR) is 106 cm³/mol. The quantitative estimate of drug-likeness (QED) is 0.826. The molecule has 5 nitrogen and oxygen atoms in total. The van der Waals surface area contributed by atoms with Crippen molar-refractivity contribution < 1.29 is 14.3 Å². The molecule has 2 heterocycles. The first-order valence-corrected chi connectivity index (χ1v) is 9.61. The minimum absolute atomic E-state index is 0.0863. The van der Waals surface area contributed by atoms with Crippen LogP contribution >= 0.6 is 0 Å². The van der Waals surface area contributed by atoms with Crippen LogP contribution in [0.4, 0.5) is 5.69 Å². The van der Waals surface area contributed by atoms with Crippen molar-refractivity contribution in [3.63, 3.8) is 0 Å². The van der Waals surface area contributed by atoms with Crippen molar-refractivity contribution in [2.24, 2.45) is 0 Å². The minimum atomic E-state index is 0.0863. The Hall–Kier alpha value is -2.69. The van der Waals surface area contributed by atoms with Gasteiger partial charge in [-0.2, -0.15) is 0 Å². The number of likely N-dealkylation sites (tertiary alicyclic amines) is 1. The van der Waals surface area contributed by atoms with Gasteiger partial charge in [-0.05, 0) is 54.8 Å². The number of fused-ring (bicyclic) bond motifs is 1. The first-order valence-electron chi connectivity index (χ1n) is 9.61. The van der Waals surface area contributed by atoms with E-state index >= 15 is 0 Å². The number of nitrogens with zero attached hydrogens (tertiary/aromatic N) is 2. The van der Waals surface area contributed by atoms with Gasteiger partial charge < -0.3 is 19.3 Å². The molecule has 5 heteroatoms. The highest BCUT2D eigenvalue weighted by atomic mass is 16.5. The van der Waals surface area contributed by atoms with Crippen LogP contribution in [0.15, 0.2) is 42.5 Å². The Morgan fingerprint density at radius 3 is 2.48 bits per heavy atom. The summed E-state index contributed by atoms with van der Waals surface area (Å²) in [5.41, 5.74) is 2.95. The second-order valence-corrected chi connectivity index (χ2v) is 7.35. The first kappa shape index (κ1) is 17.7. The number of hydrogen-bond acceptors (Lipinski definition) is 4. The lowest BCUT2D eigenvalue weighted by Crippen LogP contribution is -2.30. The predicted octanol–water partition coefficient (Wildman–Crippen LogP) is 3.89. The third kappa shape index (κ3) is 3.59. The molecule has 1 atom stereocenters. The third-order valence-electron chi connectivity index (χ3n) is 5.30. The van der Waals surface area contributed by atoms with E-state index in [1.165, 1.54) is 0 Å². The number of anilines is 1. The lowest BCUT2D eigenvalue weighted by molar-refractivity contribution is 0.0735. The molecule has 0 saturated carbocycles. The van der Waals surface area contributed by atoms with Crippen LogP contribution < -0.4 is 14.4 Å². The van der Waals surface area contributed by atoms with Gasteiger partial charge in [-0.25, -0.2) is 0 Å². The second kappa shape index (κ2) is 7.51. The average molecular weight is 366 g/mol. The van der Waals surface area contributed by atoms with E-state index < -0.39 is 0 Å². The molecule has 0 radical (unpaired) electrons. The van der Waals surface area contributed by atoms with E-state index in [2.05, 4.69) is 6.07 Å². The van der Waals surface area contributed by atoms with Gasteiger partial charge in [0.25, 0.3) is 5.91 Å². The SMILES string of the molecule is CN(C)c1ccc(C(=O)N2CCC[C@H]2c2ccc3c(c2)OCCCO3)cc1. The number of hydrogen-bond donors (Lipinski definition) is 0. The fraction of sp³-hybridized carbons (Fsp3) is 0.409. The molecule has 1 fully saturated rings. The Kier molecular flexibility index (Phi) is 4.92. The van der Waals surface area contributed by atoms with Crippen molar-refractivity contribution in [2.75, 3.05) is 38.8 Å². The molecule has 2 aromatic rings. The van der Waals surface area contributed by atoms with Crippen LogP contribution in [-0.4, -0.2) is 44.7 Å². The van der Waals surface area contributed by atoms with Crippen molar-refractivity contribution in [3.8, 4) is 11.5 Å². The summed E-state index contributed by atoms with van der Waals surface area (Å²) in [4.78, 5) is 17.1. The van der Waals surface area contributed by atoms with Crippen LogP contribution in [0, 0.1) is 0 Å². The van der Waals surface area contributed by atoms with Gasteiger partial charge >= 0.3 is 0 Å². The normalized spacial score (nSPS) is 18.9. The standard InChI is InChI=1S/C22H26N2O3/c1-23(2)18-9-6-16(7-10-18)22(25)24-12-3-5-19(24)17-8-11-20-21(15-17)27-14-4-13-26-20/h6-11,15,19H,3-5,12-14H2,1-2H3/t19-/m0/s1. The summed E-state index contributed by atoms with van der Waals surface area (Å²) in [7, 11) is 3.99. The Balaban J connectivity index is 1.57. The Labute approximate surface area is 160 Å². The van der Waals surface area contributed by atoms with E-state index in [4.69, 9.17) is 9.47 Å². The summed E-state index contributed by atoms with van der Waals surface area (Å²) >= 11 is 0. The second-order valence-electron chi connectivity index (χ2n) is 7.35. The molecule has 0 aliphatic carbocycles. The van der Waals surface area contributed by atoms with Gasteiger partial charge in [-0.3, -0.25) is 4.79 Å². The summed E-state index contributed by atoms with van der Waals surface area (Å²) in [6.45, 7) is 2.14.